The predicted molar refractivity (Wildman–Crippen MR) is 101 cm³/mol. The number of nitrogens with zero attached hydrogens (tertiary/aromatic N) is 4. The van der Waals surface area contributed by atoms with Crippen LogP contribution in [0.4, 0.5) is 0 Å². The second-order valence-electron chi connectivity index (χ2n) is 7.92. The van der Waals surface area contributed by atoms with Gasteiger partial charge >= 0.3 is 0 Å². The van der Waals surface area contributed by atoms with Gasteiger partial charge in [-0.2, -0.15) is 0 Å². The molecule has 0 bridgehead atoms. The number of hydrogen-bond acceptors (Lipinski definition) is 5. The maximum absolute atomic E-state index is 6.33. The Morgan fingerprint density at radius 3 is 2.85 bits per heavy atom. The molecule has 2 aromatic rings. The molecule has 0 saturated carbocycles. The Balaban J connectivity index is 1.19. The second-order valence-corrected chi connectivity index (χ2v) is 7.92. The van der Waals surface area contributed by atoms with Crippen LogP contribution in [0.5, 0.6) is 0 Å². The fraction of sp³-hybridized carbons (Fsp3) is 0.524. The van der Waals surface area contributed by atoms with Crippen LogP contribution in [0.25, 0.3) is 0 Å². The van der Waals surface area contributed by atoms with E-state index in [0.717, 1.165) is 45.0 Å². The minimum absolute atomic E-state index is 0.104. The van der Waals surface area contributed by atoms with Gasteiger partial charge in [-0.05, 0) is 49.6 Å². The lowest BCUT2D eigenvalue weighted by molar-refractivity contribution is -0.183. The van der Waals surface area contributed by atoms with Gasteiger partial charge in [-0.3, -0.25) is 14.9 Å². The van der Waals surface area contributed by atoms with Gasteiger partial charge in [0, 0.05) is 51.3 Å². The highest BCUT2D eigenvalue weighted by molar-refractivity contribution is 5.09. The third kappa shape index (κ3) is 4.29. The number of hydrogen-bond donors (Lipinski definition) is 0. The van der Waals surface area contributed by atoms with E-state index in [9.17, 15) is 0 Å². The fourth-order valence-electron chi connectivity index (χ4n) is 4.22. The molecule has 0 aliphatic carbocycles. The number of rotatable bonds is 6. The predicted octanol–water partition coefficient (Wildman–Crippen LogP) is 2.59. The van der Waals surface area contributed by atoms with Crippen LogP contribution in [0.3, 0.4) is 0 Å². The summed E-state index contributed by atoms with van der Waals surface area (Å²) >= 11 is 0. The fourth-order valence-corrected chi connectivity index (χ4v) is 4.22. The normalized spacial score (nSPS) is 22.5. The van der Waals surface area contributed by atoms with Crippen molar-refractivity contribution >= 4 is 0 Å². The Kier molecular flexibility index (Phi) is 5.29. The largest absolute Gasteiger partial charge is 0.372 e. The topological polar surface area (TPSA) is 41.5 Å². The summed E-state index contributed by atoms with van der Waals surface area (Å²) in [5.41, 5.74) is 2.52. The summed E-state index contributed by atoms with van der Waals surface area (Å²) in [5, 5.41) is 0. The summed E-state index contributed by atoms with van der Waals surface area (Å²) in [6, 6.07) is 10.3. The first-order valence-corrected chi connectivity index (χ1v) is 9.54. The molecule has 0 aromatic carbocycles. The van der Waals surface area contributed by atoms with E-state index in [1.807, 2.05) is 30.7 Å². The third-order valence-corrected chi connectivity index (χ3v) is 5.51. The molecule has 5 nitrogen and oxygen atoms in total. The molecular weight excluding hydrogens is 324 g/mol. The van der Waals surface area contributed by atoms with E-state index >= 15 is 0 Å². The van der Waals surface area contributed by atoms with Gasteiger partial charge in [0.25, 0.3) is 0 Å². The molecule has 5 heteroatoms. The Morgan fingerprint density at radius 1 is 1.23 bits per heavy atom. The number of ether oxygens (including phenoxy) is 1. The lowest BCUT2D eigenvalue weighted by atomic mass is 9.82. The van der Waals surface area contributed by atoms with Crippen LogP contribution < -0.4 is 0 Å². The molecule has 26 heavy (non-hydrogen) atoms. The third-order valence-electron chi connectivity index (χ3n) is 5.51. The minimum Gasteiger partial charge on any atom is -0.372 e. The molecule has 4 heterocycles. The van der Waals surface area contributed by atoms with E-state index in [0.29, 0.717) is 5.92 Å². The number of aromatic nitrogens is 2. The van der Waals surface area contributed by atoms with Gasteiger partial charge in [-0.1, -0.05) is 12.1 Å². The summed E-state index contributed by atoms with van der Waals surface area (Å²) in [4.78, 5) is 13.4. The molecule has 2 aliphatic rings. The van der Waals surface area contributed by atoms with Crippen LogP contribution in [-0.2, 0) is 17.8 Å². The van der Waals surface area contributed by atoms with Crippen molar-refractivity contribution in [3.05, 3.63) is 60.2 Å². The van der Waals surface area contributed by atoms with Crippen molar-refractivity contribution in [2.24, 2.45) is 5.92 Å². The van der Waals surface area contributed by atoms with Crippen LogP contribution in [0.1, 0.15) is 24.1 Å². The van der Waals surface area contributed by atoms with E-state index in [2.05, 4.69) is 45.0 Å². The SMILES string of the molecule is CN(Cc1cccnc1)CC1CCC2(CN(Cc3ccccn3)C2)OC1. The molecule has 0 radical (unpaired) electrons. The molecule has 1 unspecified atom stereocenters. The van der Waals surface area contributed by atoms with Gasteiger partial charge in [-0.15, -0.1) is 0 Å². The lowest BCUT2D eigenvalue weighted by Gasteiger charge is -2.53. The molecule has 4 rings (SSSR count). The van der Waals surface area contributed by atoms with Gasteiger partial charge in [0.2, 0.25) is 0 Å². The maximum atomic E-state index is 6.33. The quantitative estimate of drug-likeness (QED) is 0.799. The molecule has 2 aliphatic heterocycles. The van der Waals surface area contributed by atoms with Gasteiger partial charge in [0.1, 0.15) is 0 Å². The Hall–Kier alpha value is -1.82. The van der Waals surface area contributed by atoms with Crippen molar-refractivity contribution in [3.63, 3.8) is 0 Å². The van der Waals surface area contributed by atoms with E-state index < -0.39 is 0 Å². The van der Waals surface area contributed by atoms with Gasteiger partial charge < -0.3 is 9.64 Å². The molecule has 138 valence electrons. The maximum Gasteiger partial charge on any atom is 0.0935 e. The molecule has 2 aromatic heterocycles. The van der Waals surface area contributed by atoms with Crippen molar-refractivity contribution in [3.8, 4) is 0 Å². The molecule has 1 spiro atoms. The van der Waals surface area contributed by atoms with Gasteiger partial charge in [-0.25, -0.2) is 0 Å². The second kappa shape index (κ2) is 7.82. The highest BCUT2D eigenvalue weighted by Crippen LogP contribution is 2.36. The standard InChI is InChI=1S/C21H28N4O/c1-24(12-18-5-4-9-22-11-18)13-19-7-8-21(26-15-19)16-25(17-21)14-20-6-2-3-10-23-20/h2-6,9-11,19H,7-8,12-17H2,1H3. The molecule has 2 fully saturated rings. The van der Waals surface area contributed by atoms with Crippen molar-refractivity contribution in [2.45, 2.75) is 31.5 Å². The molecule has 0 amide bonds. The first-order valence-electron chi connectivity index (χ1n) is 9.54. The lowest BCUT2D eigenvalue weighted by Crippen LogP contribution is -2.64. The first kappa shape index (κ1) is 17.6. The summed E-state index contributed by atoms with van der Waals surface area (Å²) in [5.74, 6) is 0.632. The molecule has 1 atom stereocenters. The Morgan fingerprint density at radius 2 is 2.15 bits per heavy atom. The van der Waals surface area contributed by atoms with Crippen molar-refractivity contribution < 1.29 is 4.74 Å². The van der Waals surface area contributed by atoms with Crippen molar-refractivity contribution in [1.29, 1.82) is 0 Å². The summed E-state index contributed by atoms with van der Waals surface area (Å²) in [6.07, 6.45) is 8.08. The van der Waals surface area contributed by atoms with E-state index in [1.54, 1.807) is 0 Å². The summed E-state index contributed by atoms with van der Waals surface area (Å²) < 4.78 is 6.33. The summed E-state index contributed by atoms with van der Waals surface area (Å²) in [7, 11) is 2.19. The Labute approximate surface area is 156 Å². The highest BCUT2D eigenvalue weighted by Gasteiger charge is 2.46. The number of pyridine rings is 2. The first-order chi connectivity index (χ1) is 12.7. The summed E-state index contributed by atoms with van der Waals surface area (Å²) in [6.45, 7) is 5.94. The van der Waals surface area contributed by atoms with Gasteiger partial charge in [0.05, 0.1) is 17.9 Å². The van der Waals surface area contributed by atoms with Crippen LogP contribution in [-0.4, -0.2) is 58.7 Å². The highest BCUT2D eigenvalue weighted by atomic mass is 16.5. The van der Waals surface area contributed by atoms with Crippen molar-refractivity contribution in [1.82, 2.24) is 19.8 Å². The molecule has 2 saturated heterocycles. The Bertz CT molecular complexity index is 678. The monoisotopic (exact) mass is 352 g/mol. The van der Waals surface area contributed by atoms with Crippen LogP contribution in [0.2, 0.25) is 0 Å². The van der Waals surface area contributed by atoms with Crippen LogP contribution >= 0.6 is 0 Å². The van der Waals surface area contributed by atoms with E-state index in [1.165, 1.54) is 18.4 Å². The van der Waals surface area contributed by atoms with E-state index in [4.69, 9.17) is 4.74 Å². The van der Waals surface area contributed by atoms with Crippen LogP contribution in [0, 0.1) is 5.92 Å². The average molecular weight is 352 g/mol. The number of likely N-dealkylation sites (tertiary alicyclic amines) is 1. The average Bonchev–Trinajstić information content (AvgIpc) is 2.64. The molecule has 0 N–H and O–H groups in total. The zero-order valence-electron chi connectivity index (χ0n) is 15.6. The zero-order valence-corrected chi connectivity index (χ0v) is 15.6. The zero-order chi connectivity index (χ0) is 17.8. The van der Waals surface area contributed by atoms with Crippen LogP contribution in [0.15, 0.2) is 48.9 Å². The minimum atomic E-state index is 0.104. The smallest absolute Gasteiger partial charge is 0.0935 e. The van der Waals surface area contributed by atoms with Gasteiger partial charge in [0.15, 0.2) is 0 Å². The van der Waals surface area contributed by atoms with Crippen molar-refractivity contribution in [2.75, 3.05) is 33.3 Å². The molecular formula is C21H28N4O. The van der Waals surface area contributed by atoms with E-state index in [-0.39, 0.29) is 5.60 Å².